The molecular formula is C31H43N9O8. The van der Waals surface area contributed by atoms with Crippen LogP contribution in [0.4, 0.5) is 10.5 Å². The minimum Gasteiger partial charge on any atom is -0.392 e. The molecule has 17 heteroatoms. The topological polar surface area (TPSA) is 264 Å². The number of rotatable bonds is 22. The molecule has 0 radical (unpaired) electrons. The van der Waals surface area contributed by atoms with Crippen LogP contribution in [0.15, 0.2) is 46.7 Å². The van der Waals surface area contributed by atoms with Gasteiger partial charge in [-0.25, -0.2) is 4.79 Å². The van der Waals surface area contributed by atoms with Gasteiger partial charge in [-0.2, -0.15) is 5.10 Å². The number of imide groups is 1. The molecule has 17 nitrogen and oxygen atoms in total. The number of primary amides is 1. The van der Waals surface area contributed by atoms with Gasteiger partial charge in [0.1, 0.15) is 11.8 Å². The molecule has 1 aliphatic heterocycles. The first-order chi connectivity index (χ1) is 23.1. The van der Waals surface area contributed by atoms with E-state index in [2.05, 4.69) is 26.4 Å². The molecule has 1 atom stereocenters. The van der Waals surface area contributed by atoms with Gasteiger partial charge in [-0.15, -0.1) is 0 Å². The van der Waals surface area contributed by atoms with Crippen LogP contribution in [0.3, 0.4) is 0 Å². The number of nitrogens with one attached hydrogen (secondary N) is 5. The number of hydrogen-bond acceptors (Lipinski definition) is 12. The summed E-state index contributed by atoms with van der Waals surface area (Å²) in [5, 5.41) is 32.0. The number of ether oxygens (including phenoxy) is 2. The molecule has 1 saturated carbocycles. The third kappa shape index (κ3) is 12.6. The van der Waals surface area contributed by atoms with Crippen molar-refractivity contribution >= 4 is 47.3 Å². The lowest BCUT2D eigenvalue weighted by molar-refractivity contribution is -0.138. The standard InChI is InChI=1S/C31H43N9O8/c32-15-24(39-34)19-48-18-22-14-23(6-5-21(22)17-41)37-30(45)25(2-1-10-35-31(33)46)38-26(20-3-4-20)16-36-27(42)9-12-47-13-11-40-28(43)7-8-29(40)44/h5-8,14-15,25,32,38,41H,1-4,9-13,16-19,34H2,(H,36,42)(H,37,45)(H3,33,35,46)/b32-15?,39-24+. The Kier molecular flexibility index (Phi) is 15.2. The molecule has 1 fully saturated rings. The first-order valence-corrected chi connectivity index (χ1v) is 15.4. The van der Waals surface area contributed by atoms with Crippen molar-refractivity contribution in [2.24, 2.45) is 16.7 Å². The SMILES string of the molecule is N=C/C(COCc1cc(NC(=O)C(CCCNC(N)=O)NC(CNC(=O)CCOCCN2C(=O)C=CC2=O)=C2CC2)ccc1CO)=N\N. The number of nitrogens with zero attached hydrogens (tertiary/aromatic N) is 2. The zero-order valence-corrected chi connectivity index (χ0v) is 26.6. The Bertz CT molecular complexity index is 1420. The van der Waals surface area contributed by atoms with Crippen LogP contribution in [0.1, 0.15) is 43.2 Å². The van der Waals surface area contributed by atoms with Crippen LogP contribution < -0.4 is 32.8 Å². The van der Waals surface area contributed by atoms with E-state index in [9.17, 15) is 29.1 Å². The average molecular weight is 670 g/mol. The van der Waals surface area contributed by atoms with Gasteiger partial charge in [0.25, 0.3) is 11.8 Å². The Labute approximate surface area is 277 Å². The van der Waals surface area contributed by atoms with E-state index in [4.69, 9.17) is 26.5 Å². The largest absolute Gasteiger partial charge is 0.392 e. The predicted molar refractivity (Wildman–Crippen MR) is 175 cm³/mol. The maximum absolute atomic E-state index is 13.5. The number of carbonyl (C=O) groups excluding carboxylic acids is 5. The number of benzene rings is 1. The fourth-order valence-corrected chi connectivity index (χ4v) is 4.59. The number of hydrazone groups is 1. The number of anilines is 1. The van der Waals surface area contributed by atoms with E-state index in [-0.39, 0.29) is 76.6 Å². The highest BCUT2D eigenvalue weighted by Gasteiger charge is 2.25. The lowest BCUT2D eigenvalue weighted by atomic mass is 10.1. The number of aliphatic hydroxyl groups is 1. The van der Waals surface area contributed by atoms with Crippen molar-refractivity contribution in [2.45, 2.75) is 51.4 Å². The maximum atomic E-state index is 13.5. The molecule has 260 valence electrons. The summed E-state index contributed by atoms with van der Waals surface area (Å²) in [4.78, 5) is 61.5. The van der Waals surface area contributed by atoms with Gasteiger partial charge in [0.15, 0.2) is 0 Å². The van der Waals surface area contributed by atoms with E-state index in [1.165, 1.54) is 12.2 Å². The number of hydrogen-bond donors (Lipinski definition) is 8. The Morgan fingerprint density at radius 2 is 1.83 bits per heavy atom. The second-order valence-electron chi connectivity index (χ2n) is 10.9. The van der Waals surface area contributed by atoms with Crippen LogP contribution in [0.25, 0.3) is 0 Å². The number of nitrogens with two attached hydrogens (primary N) is 2. The highest BCUT2D eigenvalue weighted by molar-refractivity contribution is 6.30. The predicted octanol–water partition coefficient (Wildman–Crippen LogP) is -0.499. The molecule has 1 unspecified atom stereocenters. The summed E-state index contributed by atoms with van der Waals surface area (Å²) < 4.78 is 11.0. The highest BCUT2D eigenvalue weighted by Crippen LogP contribution is 2.30. The van der Waals surface area contributed by atoms with Crippen LogP contribution in [0.5, 0.6) is 0 Å². The summed E-state index contributed by atoms with van der Waals surface area (Å²) in [5.74, 6) is 3.79. The monoisotopic (exact) mass is 669 g/mol. The van der Waals surface area contributed by atoms with E-state index in [1.807, 2.05) is 0 Å². The fourth-order valence-electron chi connectivity index (χ4n) is 4.59. The van der Waals surface area contributed by atoms with Crippen molar-refractivity contribution < 1.29 is 38.6 Å². The Balaban J connectivity index is 1.57. The summed E-state index contributed by atoms with van der Waals surface area (Å²) in [6.07, 6.45) is 5.84. The van der Waals surface area contributed by atoms with Crippen LogP contribution in [-0.4, -0.2) is 97.1 Å². The molecule has 48 heavy (non-hydrogen) atoms. The van der Waals surface area contributed by atoms with Crippen molar-refractivity contribution in [2.75, 3.05) is 44.8 Å². The van der Waals surface area contributed by atoms with Gasteiger partial charge < -0.3 is 52.8 Å². The highest BCUT2D eigenvalue weighted by atomic mass is 16.5. The van der Waals surface area contributed by atoms with E-state index < -0.39 is 23.9 Å². The first-order valence-electron chi connectivity index (χ1n) is 15.4. The summed E-state index contributed by atoms with van der Waals surface area (Å²) in [5.41, 5.74) is 8.88. The summed E-state index contributed by atoms with van der Waals surface area (Å²) in [6, 6.07) is 3.60. The minimum absolute atomic E-state index is 0.00518. The summed E-state index contributed by atoms with van der Waals surface area (Å²) >= 11 is 0. The lowest BCUT2D eigenvalue weighted by Gasteiger charge is -2.22. The number of urea groups is 1. The Morgan fingerprint density at radius 1 is 1.08 bits per heavy atom. The quantitative estimate of drug-likeness (QED) is 0.0258. The molecule has 0 aromatic heterocycles. The zero-order chi connectivity index (χ0) is 34.9. The minimum atomic E-state index is -0.735. The van der Waals surface area contributed by atoms with Crippen molar-refractivity contribution in [1.82, 2.24) is 20.9 Å². The number of aliphatic hydroxyl groups excluding tert-OH is 1. The molecular weight excluding hydrogens is 626 g/mol. The number of amides is 6. The van der Waals surface area contributed by atoms with E-state index in [0.717, 1.165) is 35.2 Å². The van der Waals surface area contributed by atoms with Crippen molar-refractivity contribution in [1.29, 1.82) is 5.41 Å². The Morgan fingerprint density at radius 3 is 2.48 bits per heavy atom. The molecule has 1 aromatic rings. The van der Waals surface area contributed by atoms with E-state index in [0.29, 0.717) is 29.7 Å². The molecule has 0 saturated heterocycles. The first kappa shape index (κ1) is 37.3. The molecule has 10 N–H and O–H groups in total. The molecule has 1 aliphatic carbocycles. The third-order valence-corrected chi connectivity index (χ3v) is 7.34. The van der Waals surface area contributed by atoms with Gasteiger partial charge >= 0.3 is 6.03 Å². The maximum Gasteiger partial charge on any atom is 0.312 e. The molecule has 0 spiro atoms. The second-order valence-corrected chi connectivity index (χ2v) is 10.9. The Hall–Kier alpha value is -5.13. The lowest BCUT2D eigenvalue weighted by Crippen LogP contribution is -2.43. The van der Waals surface area contributed by atoms with E-state index >= 15 is 0 Å². The fraction of sp³-hybridized carbons (Fsp3) is 0.452. The molecule has 0 bridgehead atoms. The van der Waals surface area contributed by atoms with Gasteiger partial charge in [0, 0.05) is 42.7 Å². The smallest absolute Gasteiger partial charge is 0.312 e. The van der Waals surface area contributed by atoms with Crippen LogP contribution in [0, 0.1) is 5.41 Å². The van der Waals surface area contributed by atoms with Gasteiger partial charge in [-0.05, 0) is 54.5 Å². The summed E-state index contributed by atoms with van der Waals surface area (Å²) in [6.45, 7) is 0.544. The van der Waals surface area contributed by atoms with Crippen molar-refractivity contribution in [3.8, 4) is 0 Å². The molecule has 6 amide bonds. The van der Waals surface area contributed by atoms with Crippen LogP contribution >= 0.6 is 0 Å². The number of carbonyl (C=O) groups is 5. The molecule has 1 heterocycles. The second kappa shape index (κ2) is 19.5. The average Bonchev–Trinajstić information content (AvgIpc) is 3.87. The normalized spacial score (nSPS) is 14.5. The van der Waals surface area contributed by atoms with Crippen LogP contribution in [-0.2, 0) is 41.9 Å². The van der Waals surface area contributed by atoms with Gasteiger partial charge in [0.05, 0.1) is 46.1 Å². The zero-order valence-electron chi connectivity index (χ0n) is 26.6. The van der Waals surface area contributed by atoms with Crippen molar-refractivity contribution in [3.05, 3.63) is 52.7 Å². The molecule has 2 aliphatic rings. The summed E-state index contributed by atoms with van der Waals surface area (Å²) in [7, 11) is 0. The number of allylic oxidation sites excluding steroid dienone is 1. The molecule has 3 rings (SSSR count). The van der Waals surface area contributed by atoms with Gasteiger partial charge in [0.2, 0.25) is 11.8 Å². The van der Waals surface area contributed by atoms with Crippen molar-refractivity contribution in [3.63, 3.8) is 0 Å². The van der Waals surface area contributed by atoms with Gasteiger partial charge in [-0.1, -0.05) is 6.07 Å². The third-order valence-electron chi connectivity index (χ3n) is 7.34. The van der Waals surface area contributed by atoms with Gasteiger partial charge in [-0.3, -0.25) is 24.1 Å². The van der Waals surface area contributed by atoms with E-state index in [1.54, 1.807) is 18.2 Å². The molecule has 1 aromatic carbocycles. The van der Waals surface area contributed by atoms with Crippen LogP contribution in [0.2, 0.25) is 0 Å².